The van der Waals surface area contributed by atoms with Gasteiger partial charge in [0.25, 0.3) is 0 Å². The average Bonchev–Trinajstić information content (AvgIpc) is 3.34. The molecule has 1 atom stereocenters. The second-order valence-corrected chi connectivity index (χ2v) is 14.1. The summed E-state index contributed by atoms with van der Waals surface area (Å²) in [5, 5.41) is 7.40. The molecular formula is C30H31BF2N4O6S. The lowest BCUT2D eigenvalue weighted by molar-refractivity contribution is -0.286. The predicted octanol–water partition coefficient (Wildman–Crippen LogP) is 5.16. The Morgan fingerprint density at radius 2 is 1.84 bits per heavy atom. The Morgan fingerprint density at radius 1 is 1.11 bits per heavy atom. The molecule has 44 heavy (non-hydrogen) atoms. The number of amides is 1. The standard InChI is InChI=1S/C30H31BF2N4O6S/c1-17-25(15-34-43-17)44(39,40)35-14-20(31)16-37-22-7-6-21(11-18(22)12-26(37)28(2,3)4)36-27(38)29(9-10-29)19-5-8-23-24(13-19)42-30(32,33)41-23/h5-8,11-13,15,20,35H,9-10,14,16H2,1-4H3,(H,36,38)/t20-/m0/s1. The Morgan fingerprint density at radius 3 is 2.50 bits per heavy atom. The highest BCUT2D eigenvalue weighted by Crippen LogP contribution is 2.52. The van der Waals surface area contributed by atoms with Crippen LogP contribution in [0.15, 0.2) is 58.1 Å². The number of nitrogens with one attached hydrogen (secondary N) is 2. The fourth-order valence-electron chi connectivity index (χ4n) is 5.58. The molecule has 2 aromatic carbocycles. The number of halogens is 2. The van der Waals surface area contributed by atoms with Crippen molar-refractivity contribution in [2.75, 3.05) is 11.9 Å². The van der Waals surface area contributed by atoms with Gasteiger partial charge < -0.3 is 23.9 Å². The van der Waals surface area contributed by atoms with Gasteiger partial charge in [-0.3, -0.25) is 4.79 Å². The van der Waals surface area contributed by atoms with Crippen molar-refractivity contribution in [3.05, 3.63) is 65.7 Å². The molecule has 230 valence electrons. The van der Waals surface area contributed by atoms with E-state index in [0.29, 0.717) is 30.6 Å². The average molecular weight is 624 g/mol. The molecule has 1 fully saturated rings. The molecule has 0 bridgehead atoms. The smallest absolute Gasteiger partial charge is 0.395 e. The Balaban J connectivity index is 1.20. The van der Waals surface area contributed by atoms with E-state index in [-0.39, 0.29) is 40.0 Å². The summed E-state index contributed by atoms with van der Waals surface area (Å²) in [4.78, 5) is 13.4. The fourth-order valence-corrected chi connectivity index (χ4v) is 6.76. The number of anilines is 1. The number of fused-ring (bicyclic) bond motifs is 2. The van der Waals surface area contributed by atoms with Crippen LogP contribution >= 0.6 is 0 Å². The summed E-state index contributed by atoms with van der Waals surface area (Å²) in [6.45, 7) is 8.05. The van der Waals surface area contributed by atoms with E-state index in [0.717, 1.165) is 22.8 Å². The molecule has 10 nitrogen and oxygen atoms in total. The van der Waals surface area contributed by atoms with Crippen LogP contribution in [-0.2, 0) is 32.2 Å². The summed E-state index contributed by atoms with van der Waals surface area (Å²) in [7, 11) is 2.58. The number of rotatable bonds is 9. The highest BCUT2D eigenvalue weighted by atomic mass is 32.2. The zero-order chi connectivity index (χ0) is 31.7. The van der Waals surface area contributed by atoms with Gasteiger partial charge in [0.2, 0.25) is 15.9 Å². The van der Waals surface area contributed by atoms with Crippen LogP contribution in [0, 0.1) is 6.92 Å². The molecule has 1 amide bonds. The van der Waals surface area contributed by atoms with Crippen LogP contribution in [-0.4, -0.2) is 44.7 Å². The van der Waals surface area contributed by atoms with Gasteiger partial charge in [-0.05, 0) is 67.5 Å². The number of benzene rings is 2. The SMILES string of the molecule is [B][C@@H](CNS(=O)(=O)c1cnoc1C)Cn1c(C(C)(C)C)cc2cc(NC(=O)C3(c4ccc5c(c4)OC(F)(F)O5)CC3)ccc21. The molecule has 14 heteroatoms. The van der Waals surface area contributed by atoms with Crippen LogP contribution in [0.5, 0.6) is 11.5 Å². The third-order valence-corrected chi connectivity index (χ3v) is 9.53. The Bertz CT molecular complexity index is 1880. The summed E-state index contributed by atoms with van der Waals surface area (Å²) < 4.78 is 70.9. The third-order valence-electron chi connectivity index (χ3n) is 8.01. The first-order chi connectivity index (χ1) is 20.6. The quantitative estimate of drug-likeness (QED) is 0.247. The van der Waals surface area contributed by atoms with Gasteiger partial charge >= 0.3 is 6.29 Å². The van der Waals surface area contributed by atoms with Gasteiger partial charge in [0, 0.05) is 40.8 Å². The number of hydrogen-bond acceptors (Lipinski definition) is 7. The van der Waals surface area contributed by atoms with Gasteiger partial charge in [0.15, 0.2) is 17.3 Å². The third kappa shape index (κ3) is 5.56. The minimum absolute atomic E-state index is 0.00999. The van der Waals surface area contributed by atoms with E-state index in [1.165, 1.54) is 19.1 Å². The number of carbonyl (C=O) groups is 1. The lowest BCUT2D eigenvalue weighted by Gasteiger charge is -2.24. The van der Waals surface area contributed by atoms with Crippen LogP contribution in [0.3, 0.4) is 0 Å². The number of aryl methyl sites for hydroxylation is 1. The molecule has 3 heterocycles. The van der Waals surface area contributed by atoms with Crippen LogP contribution in [0.2, 0.25) is 5.82 Å². The van der Waals surface area contributed by atoms with Gasteiger partial charge in [0.1, 0.15) is 4.90 Å². The van der Waals surface area contributed by atoms with Crippen LogP contribution in [0.4, 0.5) is 14.5 Å². The molecule has 1 saturated carbocycles. The van der Waals surface area contributed by atoms with Crippen molar-refractivity contribution in [3.63, 3.8) is 0 Å². The highest BCUT2D eigenvalue weighted by molar-refractivity contribution is 7.89. The summed E-state index contributed by atoms with van der Waals surface area (Å²) in [5.74, 6) is -0.771. The van der Waals surface area contributed by atoms with Crippen LogP contribution < -0.4 is 19.5 Å². The molecule has 4 aromatic rings. The van der Waals surface area contributed by atoms with Crippen LogP contribution in [0.1, 0.15) is 50.6 Å². The first kappa shape index (κ1) is 30.1. The Hall–Kier alpha value is -3.91. The molecule has 2 aromatic heterocycles. The maximum absolute atomic E-state index is 13.5. The van der Waals surface area contributed by atoms with Crippen molar-refractivity contribution in [2.45, 2.75) is 74.9 Å². The van der Waals surface area contributed by atoms with E-state index in [1.807, 2.05) is 18.2 Å². The maximum atomic E-state index is 13.5. The van der Waals surface area contributed by atoms with E-state index in [2.05, 4.69) is 50.0 Å². The van der Waals surface area contributed by atoms with Crippen molar-refractivity contribution >= 4 is 40.4 Å². The molecule has 2 radical (unpaired) electrons. The molecule has 1 aliphatic carbocycles. The van der Waals surface area contributed by atoms with Crippen molar-refractivity contribution in [2.24, 2.45) is 0 Å². The number of aromatic nitrogens is 2. The van der Waals surface area contributed by atoms with Crippen LogP contribution in [0.25, 0.3) is 10.9 Å². The first-order valence-electron chi connectivity index (χ1n) is 14.1. The van der Waals surface area contributed by atoms with Crippen molar-refractivity contribution in [1.29, 1.82) is 0 Å². The van der Waals surface area contributed by atoms with Gasteiger partial charge in [-0.15, -0.1) is 8.78 Å². The van der Waals surface area contributed by atoms with Crippen molar-refractivity contribution < 1.29 is 36.0 Å². The minimum Gasteiger partial charge on any atom is -0.395 e. The molecular weight excluding hydrogens is 593 g/mol. The molecule has 0 saturated heterocycles. The molecule has 0 spiro atoms. The Kier molecular flexibility index (Phi) is 7.08. The highest BCUT2D eigenvalue weighted by Gasteiger charge is 2.52. The van der Waals surface area contributed by atoms with Gasteiger partial charge in [0.05, 0.1) is 19.5 Å². The van der Waals surface area contributed by atoms with Gasteiger partial charge in [-0.1, -0.05) is 32.0 Å². The lowest BCUT2D eigenvalue weighted by Crippen LogP contribution is -2.30. The minimum atomic E-state index is -3.84. The van der Waals surface area contributed by atoms with Crippen molar-refractivity contribution in [3.8, 4) is 11.5 Å². The topological polar surface area (TPSA) is 125 Å². The van der Waals surface area contributed by atoms with E-state index < -0.39 is 27.6 Å². The number of nitrogens with zero attached hydrogens (tertiary/aromatic N) is 2. The van der Waals surface area contributed by atoms with Gasteiger partial charge in [-0.2, -0.15) is 0 Å². The van der Waals surface area contributed by atoms with Gasteiger partial charge in [-0.25, -0.2) is 13.1 Å². The summed E-state index contributed by atoms with van der Waals surface area (Å²) >= 11 is 0. The maximum Gasteiger partial charge on any atom is 0.586 e. The monoisotopic (exact) mass is 624 g/mol. The van der Waals surface area contributed by atoms with E-state index in [1.54, 1.807) is 12.1 Å². The number of sulfonamides is 1. The molecule has 2 N–H and O–H groups in total. The van der Waals surface area contributed by atoms with Crippen molar-refractivity contribution in [1.82, 2.24) is 14.4 Å². The first-order valence-corrected chi connectivity index (χ1v) is 15.6. The van der Waals surface area contributed by atoms with E-state index in [4.69, 9.17) is 12.4 Å². The Labute approximate surface area is 254 Å². The summed E-state index contributed by atoms with van der Waals surface area (Å²) in [6, 6.07) is 12.0. The number of alkyl halides is 2. The largest absolute Gasteiger partial charge is 0.586 e. The molecule has 0 unspecified atom stereocenters. The second kappa shape index (κ2) is 10.3. The van der Waals surface area contributed by atoms with E-state index >= 15 is 0 Å². The van der Waals surface area contributed by atoms with E-state index in [9.17, 15) is 22.0 Å². The number of ether oxygens (including phenoxy) is 2. The fraction of sp³-hybridized carbons (Fsp3) is 0.400. The zero-order valence-electron chi connectivity index (χ0n) is 24.6. The molecule has 1 aliphatic heterocycles. The lowest BCUT2D eigenvalue weighted by atomic mass is 9.86. The second-order valence-electron chi connectivity index (χ2n) is 12.4. The normalized spacial score (nSPS) is 17.5. The number of carbonyl (C=O) groups excluding carboxylic acids is 1. The predicted molar refractivity (Wildman–Crippen MR) is 159 cm³/mol. The summed E-state index contributed by atoms with van der Waals surface area (Å²) in [5.41, 5.74) is 1.91. The zero-order valence-corrected chi connectivity index (χ0v) is 25.4. The molecule has 6 rings (SSSR count). The molecule has 2 aliphatic rings. The number of hydrogen-bond donors (Lipinski definition) is 2. The summed E-state index contributed by atoms with van der Waals surface area (Å²) in [6.07, 6.45) is -1.44.